The second-order valence-electron chi connectivity index (χ2n) is 22.4. The first-order valence-electron chi connectivity index (χ1n) is 27.8. The number of furan rings is 2. The molecule has 0 N–H and O–H groups in total. The molecule has 0 bridgehead atoms. The summed E-state index contributed by atoms with van der Waals surface area (Å²) in [6.45, 7) is 9.03. The van der Waals surface area contributed by atoms with Crippen molar-refractivity contribution in [3.8, 4) is 0 Å². The second-order valence-corrected chi connectivity index (χ2v) is 22.4. The summed E-state index contributed by atoms with van der Waals surface area (Å²) in [6, 6.07) is 64.5. The number of hydrogen-bond acceptors (Lipinski definition) is 4. The molecular weight excluding hydrogens is 901 g/mol. The Morgan fingerprint density at radius 3 is 1.09 bits per heavy atom. The number of anilines is 6. The van der Waals surface area contributed by atoms with E-state index in [0.717, 1.165) is 78.0 Å². The molecule has 14 rings (SSSR count). The topological polar surface area (TPSA) is 32.8 Å². The van der Waals surface area contributed by atoms with Crippen LogP contribution in [0.4, 0.5) is 34.1 Å². The zero-order valence-corrected chi connectivity index (χ0v) is 43.3. The van der Waals surface area contributed by atoms with Crippen LogP contribution in [0.3, 0.4) is 0 Å². The maximum Gasteiger partial charge on any atom is 0.159 e. The average molecular weight is 965 g/mol. The third-order valence-corrected chi connectivity index (χ3v) is 17.3. The molecule has 366 valence electrons. The van der Waals surface area contributed by atoms with Crippen LogP contribution in [0.1, 0.15) is 138 Å². The van der Waals surface area contributed by atoms with Gasteiger partial charge in [0.2, 0.25) is 0 Å². The number of rotatable bonds is 10. The molecule has 2 saturated carbocycles. The van der Waals surface area contributed by atoms with Crippen LogP contribution in [0.25, 0.3) is 76.2 Å². The van der Waals surface area contributed by atoms with Crippen LogP contribution in [-0.2, 0) is 0 Å². The van der Waals surface area contributed by atoms with E-state index in [4.69, 9.17) is 8.83 Å². The predicted octanol–water partition coefficient (Wildman–Crippen LogP) is 21.7. The van der Waals surface area contributed by atoms with E-state index in [1.807, 2.05) is 0 Å². The molecule has 0 amide bonds. The average Bonchev–Trinajstić information content (AvgIpc) is 4.04. The number of fused-ring (bicyclic) bond motifs is 6. The third kappa shape index (κ3) is 7.30. The normalized spacial score (nSPS) is 15.2. The van der Waals surface area contributed by atoms with Crippen LogP contribution in [0.2, 0.25) is 0 Å². The largest absolute Gasteiger partial charge is 0.454 e. The van der Waals surface area contributed by atoms with E-state index in [1.54, 1.807) is 0 Å². The third-order valence-electron chi connectivity index (χ3n) is 17.3. The molecule has 74 heavy (non-hydrogen) atoms. The molecule has 0 spiro atoms. The Balaban J connectivity index is 0.994. The molecule has 2 heterocycles. The molecule has 2 aromatic heterocycles. The number of hydrogen-bond donors (Lipinski definition) is 0. The fourth-order valence-electron chi connectivity index (χ4n) is 13.6. The van der Waals surface area contributed by atoms with Crippen molar-refractivity contribution >= 4 is 110 Å². The molecule has 12 aromatic rings. The van der Waals surface area contributed by atoms with Gasteiger partial charge in [-0.25, -0.2) is 0 Å². The van der Waals surface area contributed by atoms with Gasteiger partial charge < -0.3 is 18.6 Å². The summed E-state index contributed by atoms with van der Waals surface area (Å²) in [7, 11) is 0. The predicted molar refractivity (Wildman–Crippen MR) is 314 cm³/mol. The highest BCUT2D eigenvalue weighted by atomic mass is 16.3. The molecular formula is C70H64N2O2. The van der Waals surface area contributed by atoms with Gasteiger partial charge >= 0.3 is 0 Å². The fourth-order valence-corrected chi connectivity index (χ4v) is 13.6. The lowest BCUT2D eigenvalue weighted by Gasteiger charge is -2.30. The summed E-state index contributed by atoms with van der Waals surface area (Å²) in [6.07, 6.45) is 13.0. The quantitative estimate of drug-likeness (QED) is 0.128. The first-order chi connectivity index (χ1) is 36.4. The lowest BCUT2D eigenvalue weighted by Crippen LogP contribution is -2.12. The molecule has 2 aliphatic rings. The lowest BCUT2D eigenvalue weighted by molar-refractivity contribution is 0.443. The van der Waals surface area contributed by atoms with Crippen molar-refractivity contribution in [1.29, 1.82) is 0 Å². The molecule has 4 heteroatoms. The zero-order valence-electron chi connectivity index (χ0n) is 43.3. The molecule has 10 aromatic carbocycles. The van der Waals surface area contributed by atoms with E-state index in [1.165, 1.54) is 119 Å². The van der Waals surface area contributed by atoms with Crippen molar-refractivity contribution < 1.29 is 8.83 Å². The Hall–Kier alpha value is -7.56. The first-order valence-corrected chi connectivity index (χ1v) is 27.8. The number of nitrogens with zero attached hydrogens (tertiary/aromatic N) is 2. The lowest BCUT2D eigenvalue weighted by atomic mass is 9.84. The molecule has 0 aliphatic heterocycles. The van der Waals surface area contributed by atoms with Gasteiger partial charge in [0.05, 0.1) is 22.7 Å². The summed E-state index contributed by atoms with van der Waals surface area (Å²) in [5.74, 6) is 1.90. The van der Waals surface area contributed by atoms with Gasteiger partial charge in [-0.1, -0.05) is 188 Å². The maximum atomic E-state index is 7.12. The van der Waals surface area contributed by atoms with Crippen molar-refractivity contribution in [1.82, 2.24) is 0 Å². The van der Waals surface area contributed by atoms with Crippen molar-refractivity contribution in [3.63, 3.8) is 0 Å². The minimum absolute atomic E-state index is 0.329. The number of para-hydroxylation sites is 4. The highest BCUT2D eigenvalue weighted by molar-refractivity contribution is 6.29. The fraction of sp³-hybridized carbons (Fsp3) is 0.257. The summed E-state index contributed by atoms with van der Waals surface area (Å²) < 4.78 is 14.2. The molecule has 0 radical (unpaired) electrons. The molecule has 4 nitrogen and oxygen atoms in total. The SMILES string of the molecule is CC(C)c1cccc2c1oc1c(N(c3ccc(C4CCCCC4)cc3)c3ccc4ccc5c(N(c6ccc(C7CCCCC7)cc6)c6cccc7c6oc6c(C(C)C)cccc67)ccc6ccc3c4c65)cccc12. The van der Waals surface area contributed by atoms with E-state index in [0.29, 0.717) is 23.7 Å². The van der Waals surface area contributed by atoms with Gasteiger partial charge in [-0.05, 0) is 142 Å². The standard InChI is InChI=1S/C70H64N2O2/c1-43(2)53-19-11-21-55-57-23-13-25-63(69(57)73-67(53)55)71(51-35-27-47(28-36-51)45-15-7-5-8-16-45)61-41-33-49-32-40-60-62(42-34-50-31-39-59(61)65(49)66(50)60)72(52-37-29-48(30-38-52)46-17-9-6-10-18-46)64-26-14-24-58-56-22-12-20-54(44(3)4)68(56)74-70(58)64/h11-14,19-46H,5-10,15-18H2,1-4H3. The zero-order chi connectivity index (χ0) is 49.6. The highest BCUT2D eigenvalue weighted by Crippen LogP contribution is 2.51. The van der Waals surface area contributed by atoms with Gasteiger partial charge in [0.25, 0.3) is 0 Å². The number of benzene rings is 10. The molecule has 2 aliphatic carbocycles. The Morgan fingerprint density at radius 1 is 0.338 bits per heavy atom. The molecule has 0 saturated heterocycles. The Morgan fingerprint density at radius 2 is 0.703 bits per heavy atom. The van der Waals surface area contributed by atoms with E-state index < -0.39 is 0 Å². The smallest absolute Gasteiger partial charge is 0.159 e. The van der Waals surface area contributed by atoms with E-state index in [-0.39, 0.29) is 0 Å². The Bertz CT molecular complexity index is 3780. The summed E-state index contributed by atoms with van der Waals surface area (Å²) in [5.41, 5.74) is 15.7. The Kier molecular flexibility index (Phi) is 11.0. The van der Waals surface area contributed by atoms with Crippen LogP contribution < -0.4 is 9.80 Å². The molecule has 2 fully saturated rings. The summed E-state index contributed by atoms with van der Waals surface area (Å²) in [4.78, 5) is 4.95. The van der Waals surface area contributed by atoms with Crippen LogP contribution >= 0.6 is 0 Å². The van der Waals surface area contributed by atoms with Gasteiger partial charge in [0.1, 0.15) is 11.2 Å². The van der Waals surface area contributed by atoms with Crippen molar-refractivity contribution in [2.24, 2.45) is 0 Å². The van der Waals surface area contributed by atoms with Crippen molar-refractivity contribution in [3.05, 3.63) is 192 Å². The van der Waals surface area contributed by atoms with E-state index in [2.05, 4.69) is 207 Å². The van der Waals surface area contributed by atoms with Crippen LogP contribution in [0.15, 0.2) is 179 Å². The van der Waals surface area contributed by atoms with Crippen LogP contribution in [0.5, 0.6) is 0 Å². The van der Waals surface area contributed by atoms with E-state index in [9.17, 15) is 0 Å². The minimum Gasteiger partial charge on any atom is -0.454 e. The summed E-state index contributed by atoms with van der Waals surface area (Å²) in [5, 5.41) is 12.0. The van der Waals surface area contributed by atoms with Crippen molar-refractivity contribution in [2.75, 3.05) is 9.80 Å². The maximum absolute atomic E-state index is 7.12. The minimum atomic E-state index is 0.329. The monoisotopic (exact) mass is 964 g/mol. The highest BCUT2D eigenvalue weighted by Gasteiger charge is 2.28. The molecule has 0 unspecified atom stereocenters. The van der Waals surface area contributed by atoms with Gasteiger partial charge in [-0.2, -0.15) is 0 Å². The van der Waals surface area contributed by atoms with Crippen LogP contribution in [0, 0.1) is 0 Å². The van der Waals surface area contributed by atoms with E-state index >= 15 is 0 Å². The van der Waals surface area contributed by atoms with Gasteiger partial charge in [-0.3, -0.25) is 0 Å². The van der Waals surface area contributed by atoms with Gasteiger partial charge in [0, 0.05) is 43.7 Å². The second kappa shape index (κ2) is 18.1. The van der Waals surface area contributed by atoms with Gasteiger partial charge in [-0.15, -0.1) is 0 Å². The summed E-state index contributed by atoms with van der Waals surface area (Å²) >= 11 is 0. The Labute approximate surface area is 434 Å². The first kappa shape index (κ1) is 45.1. The molecule has 0 atom stereocenters. The van der Waals surface area contributed by atoms with Gasteiger partial charge in [0.15, 0.2) is 11.2 Å². The van der Waals surface area contributed by atoms with Crippen molar-refractivity contribution in [2.45, 2.75) is 116 Å². The van der Waals surface area contributed by atoms with Crippen LogP contribution in [-0.4, -0.2) is 0 Å².